The van der Waals surface area contributed by atoms with Gasteiger partial charge in [-0.05, 0) is 24.1 Å². The van der Waals surface area contributed by atoms with Crippen LogP contribution in [0, 0.1) is 0 Å². The highest BCUT2D eigenvalue weighted by Gasteiger charge is 2.03. The fourth-order valence-corrected chi connectivity index (χ4v) is 1.41. The third kappa shape index (κ3) is 4.29. The lowest BCUT2D eigenvalue weighted by molar-refractivity contribution is 0.0698. The summed E-state index contributed by atoms with van der Waals surface area (Å²) >= 11 is 0. The predicted octanol–water partition coefficient (Wildman–Crippen LogP) is 3.22. The standard InChI is InChI=1S/C8H10.C7H7NO2/c1-2-8-6-4-3-5-7-8;8-6-4-2-1-3-5(6)7(9)10/h3-7H,2H2,1H3;1-4H,8H2,(H,9,10). The number of nitrogen functional groups attached to an aromatic ring is 1. The first-order valence-corrected chi connectivity index (χ1v) is 5.77. The molecule has 0 fully saturated rings. The number of para-hydroxylation sites is 1. The van der Waals surface area contributed by atoms with Gasteiger partial charge < -0.3 is 10.8 Å². The molecule has 0 aliphatic carbocycles. The van der Waals surface area contributed by atoms with Crippen LogP contribution in [0.25, 0.3) is 0 Å². The maximum absolute atomic E-state index is 10.3. The van der Waals surface area contributed by atoms with Gasteiger partial charge >= 0.3 is 5.97 Å². The molecule has 0 amide bonds. The molecule has 0 atom stereocenters. The number of benzene rings is 2. The number of rotatable bonds is 2. The number of aryl methyl sites for hydroxylation is 1. The molecule has 0 aliphatic heterocycles. The lowest BCUT2D eigenvalue weighted by Crippen LogP contribution is -2.00. The number of anilines is 1. The second kappa shape index (κ2) is 7.12. The zero-order chi connectivity index (χ0) is 13.4. The molecular weight excluding hydrogens is 226 g/mol. The maximum atomic E-state index is 10.3. The van der Waals surface area contributed by atoms with Crippen molar-refractivity contribution in [2.75, 3.05) is 5.73 Å². The van der Waals surface area contributed by atoms with E-state index in [1.165, 1.54) is 11.6 Å². The predicted molar refractivity (Wildman–Crippen MR) is 73.6 cm³/mol. The molecule has 18 heavy (non-hydrogen) atoms. The van der Waals surface area contributed by atoms with E-state index in [-0.39, 0.29) is 5.56 Å². The van der Waals surface area contributed by atoms with Gasteiger partial charge in [-0.15, -0.1) is 0 Å². The first-order valence-electron chi connectivity index (χ1n) is 5.77. The zero-order valence-corrected chi connectivity index (χ0v) is 10.3. The first kappa shape index (κ1) is 13.8. The summed E-state index contributed by atoms with van der Waals surface area (Å²) < 4.78 is 0. The molecular formula is C15H17NO2. The zero-order valence-electron chi connectivity index (χ0n) is 10.3. The van der Waals surface area contributed by atoms with E-state index in [1.54, 1.807) is 18.2 Å². The number of aromatic carboxylic acids is 1. The van der Waals surface area contributed by atoms with Crippen LogP contribution in [-0.4, -0.2) is 11.1 Å². The van der Waals surface area contributed by atoms with Gasteiger partial charge in [0.25, 0.3) is 0 Å². The number of carboxylic acids is 1. The summed E-state index contributed by atoms with van der Waals surface area (Å²) in [5.74, 6) is -0.988. The SMILES string of the molecule is CCc1ccccc1.Nc1ccccc1C(=O)O. The van der Waals surface area contributed by atoms with Crippen molar-refractivity contribution < 1.29 is 9.90 Å². The first-order chi connectivity index (χ1) is 8.65. The third-order valence-corrected chi connectivity index (χ3v) is 2.44. The van der Waals surface area contributed by atoms with Crippen LogP contribution in [0.3, 0.4) is 0 Å². The Kier molecular flexibility index (Phi) is 5.45. The quantitative estimate of drug-likeness (QED) is 0.796. The molecule has 2 aromatic carbocycles. The Balaban J connectivity index is 0.000000184. The van der Waals surface area contributed by atoms with E-state index in [2.05, 4.69) is 31.2 Å². The van der Waals surface area contributed by atoms with Crippen LogP contribution < -0.4 is 5.73 Å². The number of hydrogen-bond donors (Lipinski definition) is 2. The summed E-state index contributed by atoms with van der Waals surface area (Å²) in [4.78, 5) is 10.3. The fraction of sp³-hybridized carbons (Fsp3) is 0.133. The van der Waals surface area contributed by atoms with Gasteiger partial charge in [-0.3, -0.25) is 0 Å². The number of hydrogen-bond acceptors (Lipinski definition) is 2. The second-order valence-electron chi connectivity index (χ2n) is 3.73. The summed E-state index contributed by atoms with van der Waals surface area (Å²) in [5.41, 5.74) is 7.21. The normalized spacial score (nSPS) is 9.17. The second-order valence-corrected chi connectivity index (χ2v) is 3.73. The highest BCUT2D eigenvalue weighted by molar-refractivity contribution is 5.93. The summed E-state index contributed by atoms with van der Waals surface area (Å²) in [6, 6.07) is 16.8. The van der Waals surface area contributed by atoms with Crippen LogP contribution >= 0.6 is 0 Å². The lowest BCUT2D eigenvalue weighted by atomic mass is 10.2. The molecule has 0 spiro atoms. The van der Waals surface area contributed by atoms with Crippen LogP contribution in [-0.2, 0) is 6.42 Å². The average Bonchev–Trinajstić information content (AvgIpc) is 2.40. The largest absolute Gasteiger partial charge is 0.478 e. The minimum absolute atomic E-state index is 0.155. The smallest absolute Gasteiger partial charge is 0.337 e. The van der Waals surface area contributed by atoms with Crippen molar-refractivity contribution in [3.05, 3.63) is 65.7 Å². The van der Waals surface area contributed by atoms with Crippen LogP contribution in [0.4, 0.5) is 5.69 Å². The topological polar surface area (TPSA) is 63.3 Å². The molecule has 0 radical (unpaired) electrons. The van der Waals surface area contributed by atoms with Crippen LogP contribution in [0.2, 0.25) is 0 Å². The number of carboxylic acid groups (broad SMARTS) is 1. The average molecular weight is 243 g/mol. The Morgan fingerprint density at radius 1 is 1.06 bits per heavy atom. The van der Waals surface area contributed by atoms with Gasteiger partial charge in [0.15, 0.2) is 0 Å². The minimum atomic E-state index is -0.988. The van der Waals surface area contributed by atoms with Crippen LogP contribution in [0.5, 0.6) is 0 Å². The molecule has 3 N–H and O–H groups in total. The fourth-order valence-electron chi connectivity index (χ4n) is 1.41. The molecule has 0 aromatic heterocycles. The summed E-state index contributed by atoms with van der Waals surface area (Å²) in [7, 11) is 0. The van der Waals surface area contributed by atoms with E-state index in [0.717, 1.165) is 6.42 Å². The molecule has 2 rings (SSSR count). The molecule has 94 valence electrons. The highest BCUT2D eigenvalue weighted by atomic mass is 16.4. The van der Waals surface area contributed by atoms with E-state index in [1.807, 2.05) is 6.07 Å². The van der Waals surface area contributed by atoms with Crippen molar-refractivity contribution in [1.82, 2.24) is 0 Å². The van der Waals surface area contributed by atoms with E-state index in [4.69, 9.17) is 10.8 Å². The molecule has 3 heteroatoms. The van der Waals surface area contributed by atoms with E-state index < -0.39 is 5.97 Å². The van der Waals surface area contributed by atoms with E-state index >= 15 is 0 Å². The van der Waals surface area contributed by atoms with Gasteiger partial charge in [-0.1, -0.05) is 49.4 Å². The van der Waals surface area contributed by atoms with Gasteiger partial charge in [0.05, 0.1) is 5.56 Å². The van der Waals surface area contributed by atoms with Gasteiger partial charge in [0.2, 0.25) is 0 Å². The lowest BCUT2D eigenvalue weighted by Gasteiger charge is -1.96. The highest BCUT2D eigenvalue weighted by Crippen LogP contribution is 2.09. The van der Waals surface area contributed by atoms with Crippen LogP contribution in [0.15, 0.2) is 54.6 Å². The molecule has 0 heterocycles. The molecule has 0 saturated carbocycles. The number of carbonyl (C=O) groups is 1. The summed E-state index contributed by atoms with van der Waals surface area (Å²) in [5, 5.41) is 8.49. The van der Waals surface area contributed by atoms with E-state index in [0.29, 0.717) is 5.69 Å². The van der Waals surface area contributed by atoms with Crippen molar-refractivity contribution in [2.45, 2.75) is 13.3 Å². The van der Waals surface area contributed by atoms with Crippen molar-refractivity contribution >= 4 is 11.7 Å². The van der Waals surface area contributed by atoms with Gasteiger partial charge in [0, 0.05) is 5.69 Å². The maximum Gasteiger partial charge on any atom is 0.337 e. The van der Waals surface area contributed by atoms with Crippen molar-refractivity contribution in [2.24, 2.45) is 0 Å². The molecule has 2 aromatic rings. The minimum Gasteiger partial charge on any atom is -0.478 e. The van der Waals surface area contributed by atoms with E-state index in [9.17, 15) is 4.79 Å². The molecule has 0 bridgehead atoms. The van der Waals surface area contributed by atoms with Crippen molar-refractivity contribution in [3.8, 4) is 0 Å². The van der Waals surface area contributed by atoms with Crippen molar-refractivity contribution in [3.63, 3.8) is 0 Å². The van der Waals surface area contributed by atoms with Crippen LogP contribution in [0.1, 0.15) is 22.8 Å². The Morgan fingerprint density at radius 2 is 1.61 bits per heavy atom. The van der Waals surface area contributed by atoms with Crippen molar-refractivity contribution in [1.29, 1.82) is 0 Å². The molecule has 0 saturated heterocycles. The Bertz CT molecular complexity index is 495. The molecule has 0 aliphatic rings. The van der Waals surface area contributed by atoms with Gasteiger partial charge in [0.1, 0.15) is 0 Å². The molecule has 0 unspecified atom stereocenters. The monoisotopic (exact) mass is 243 g/mol. The summed E-state index contributed by atoms with van der Waals surface area (Å²) in [6.45, 7) is 2.16. The summed E-state index contributed by atoms with van der Waals surface area (Å²) in [6.07, 6.45) is 1.14. The Hall–Kier alpha value is -2.29. The Labute approximate surface area is 107 Å². The van der Waals surface area contributed by atoms with Gasteiger partial charge in [-0.25, -0.2) is 4.79 Å². The van der Waals surface area contributed by atoms with Gasteiger partial charge in [-0.2, -0.15) is 0 Å². The Morgan fingerprint density at radius 3 is 2.00 bits per heavy atom. The third-order valence-electron chi connectivity index (χ3n) is 2.44. The molecule has 3 nitrogen and oxygen atoms in total. The number of nitrogens with two attached hydrogens (primary N) is 1.